The molecule has 9 nitrogen and oxygen atoms in total. The third kappa shape index (κ3) is 5.29. The maximum atomic E-state index is 12.3. The molecule has 2 N–H and O–H groups in total. The zero-order valence-corrected chi connectivity index (χ0v) is 19.8. The second kappa shape index (κ2) is 9.03. The highest BCUT2D eigenvalue weighted by atomic mass is 16.6. The van der Waals surface area contributed by atoms with Crippen molar-refractivity contribution in [2.24, 2.45) is 13.0 Å². The molecule has 3 amide bonds. The molecule has 9 heteroatoms. The number of rotatable bonds is 4. The maximum absolute atomic E-state index is 12.3. The highest BCUT2D eigenvalue weighted by Crippen LogP contribution is 2.31. The van der Waals surface area contributed by atoms with Crippen molar-refractivity contribution in [2.75, 3.05) is 25.0 Å². The summed E-state index contributed by atoms with van der Waals surface area (Å²) in [5, 5.41) is 11.5. The van der Waals surface area contributed by atoms with Crippen LogP contribution in [0.15, 0.2) is 18.2 Å². The first-order valence-electron chi connectivity index (χ1n) is 11.6. The van der Waals surface area contributed by atoms with E-state index in [4.69, 9.17) is 4.74 Å². The molecule has 3 heterocycles. The molecule has 2 aromatic rings. The number of benzene rings is 1. The topological polar surface area (TPSA) is 106 Å². The molecule has 2 aliphatic rings. The fourth-order valence-corrected chi connectivity index (χ4v) is 4.52. The minimum atomic E-state index is -0.474. The van der Waals surface area contributed by atoms with E-state index in [0.29, 0.717) is 31.8 Å². The number of anilines is 1. The molecule has 2 fully saturated rings. The van der Waals surface area contributed by atoms with Crippen LogP contribution in [-0.4, -0.2) is 57.8 Å². The highest BCUT2D eigenvalue weighted by molar-refractivity contribution is 6.02. The Morgan fingerprint density at radius 2 is 1.94 bits per heavy atom. The van der Waals surface area contributed by atoms with Crippen molar-refractivity contribution in [3.63, 3.8) is 0 Å². The predicted molar refractivity (Wildman–Crippen MR) is 125 cm³/mol. The lowest BCUT2D eigenvalue weighted by molar-refractivity contribution is -0.134. The molecule has 0 aliphatic carbocycles. The number of likely N-dealkylation sites (tertiary alicyclic amines) is 1. The smallest absolute Gasteiger partial charge is 0.410 e. The van der Waals surface area contributed by atoms with Crippen molar-refractivity contribution in [3.8, 4) is 0 Å². The van der Waals surface area contributed by atoms with Crippen LogP contribution < -0.4 is 10.6 Å². The summed E-state index contributed by atoms with van der Waals surface area (Å²) in [6, 6.07) is 6.05. The largest absolute Gasteiger partial charge is 0.444 e. The van der Waals surface area contributed by atoms with Gasteiger partial charge in [0.2, 0.25) is 11.8 Å². The molecule has 1 aromatic carbocycles. The molecule has 1 aromatic heterocycles. The minimum Gasteiger partial charge on any atom is -0.444 e. The summed E-state index contributed by atoms with van der Waals surface area (Å²) in [5.74, 6) is -0.420. The van der Waals surface area contributed by atoms with E-state index in [0.717, 1.165) is 41.7 Å². The van der Waals surface area contributed by atoms with Gasteiger partial charge in [-0.3, -0.25) is 19.6 Å². The number of hydrogen-bond donors (Lipinski definition) is 2. The van der Waals surface area contributed by atoms with Gasteiger partial charge in [-0.25, -0.2) is 4.79 Å². The summed E-state index contributed by atoms with van der Waals surface area (Å²) in [6.45, 7) is 7.89. The number of piperidine rings is 2. The van der Waals surface area contributed by atoms with Crippen molar-refractivity contribution in [3.05, 3.63) is 23.9 Å². The van der Waals surface area contributed by atoms with E-state index in [9.17, 15) is 14.4 Å². The highest BCUT2D eigenvalue weighted by Gasteiger charge is 2.31. The molecule has 0 radical (unpaired) electrons. The Morgan fingerprint density at radius 3 is 2.61 bits per heavy atom. The van der Waals surface area contributed by atoms with Gasteiger partial charge in [0.05, 0.1) is 17.1 Å². The lowest BCUT2D eigenvalue weighted by atomic mass is 9.93. The quantitative estimate of drug-likeness (QED) is 0.686. The van der Waals surface area contributed by atoms with Gasteiger partial charge >= 0.3 is 6.09 Å². The van der Waals surface area contributed by atoms with Crippen LogP contribution in [0.25, 0.3) is 10.9 Å². The molecule has 0 spiro atoms. The van der Waals surface area contributed by atoms with Gasteiger partial charge in [-0.2, -0.15) is 5.10 Å². The molecular weight excluding hydrogens is 422 g/mol. The Hall–Kier alpha value is -3.10. The Balaban J connectivity index is 1.36. The monoisotopic (exact) mass is 455 g/mol. The molecule has 0 bridgehead atoms. The Labute approximate surface area is 193 Å². The van der Waals surface area contributed by atoms with E-state index >= 15 is 0 Å². The molecule has 178 valence electrons. The van der Waals surface area contributed by atoms with Gasteiger partial charge in [-0.15, -0.1) is 0 Å². The molecular formula is C24H33N5O4. The van der Waals surface area contributed by atoms with Gasteiger partial charge in [0.15, 0.2) is 0 Å². The number of aromatic nitrogens is 2. The minimum absolute atomic E-state index is 0.222. The zero-order chi connectivity index (χ0) is 23.8. The number of nitrogens with one attached hydrogen (secondary N) is 2. The van der Waals surface area contributed by atoms with E-state index in [1.165, 1.54) is 0 Å². The van der Waals surface area contributed by atoms with Crippen LogP contribution in [0.4, 0.5) is 10.5 Å². The van der Waals surface area contributed by atoms with Crippen LogP contribution >= 0.6 is 0 Å². The Bertz CT molecular complexity index is 1060. The molecule has 1 atom stereocenters. The maximum Gasteiger partial charge on any atom is 0.410 e. The molecule has 4 rings (SSSR count). The standard InChI is InChI=1S/C24H33N5O4/c1-24(2,3)33-23(32)29-11-9-15(10-12-29)14-25-16-5-6-17-19(13-16)28(4)27-21(17)18-7-8-20(30)26-22(18)31/h5-6,13,15,18,25H,7-12,14H2,1-4H3,(H,26,30,31). The summed E-state index contributed by atoms with van der Waals surface area (Å²) in [6.07, 6.45) is 2.45. The van der Waals surface area contributed by atoms with Crippen molar-refractivity contribution >= 4 is 34.5 Å². The zero-order valence-electron chi connectivity index (χ0n) is 19.8. The summed E-state index contributed by atoms with van der Waals surface area (Å²) >= 11 is 0. The third-order valence-electron chi connectivity index (χ3n) is 6.31. The number of ether oxygens (including phenoxy) is 1. The van der Waals surface area contributed by atoms with E-state index in [-0.39, 0.29) is 17.9 Å². The number of carbonyl (C=O) groups excluding carboxylic acids is 3. The lowest BCUT2D eigenvalue weighted by Gasteiger charge is -2.33. The average Bonchev–Trinajstić information content (AvgIpc) is 3.07. The SMILES string of the molecule is Cn1nc(C2CCC(=O)NC2=O)c2ccc(NCC3CCN(C(=O)OC(C)(C)C)CC3)cc21. The molecule has 1 unspecified atom stereocenters. The first-order chi connectivity index (χ1) is 15.6. The van der Waals surface area contributed by atoms with Gasteiger partial charge < -0.3 is 15.0 Å². The third-order valence-corrected chi connectivity index (χ3v) is 6.31. The van der Waals surface area contributed by atoms with Crippen molar-refractivity contribution in [1.29, 1.82) is 0 Å². The summed E-state index contributed by atoms with van der Waals surface area (Å²) in [4.78, 5) is 37.8. The number of fused-ring (bicyclic) bond motifs is 1. The van der Waals surface area contributed by atoms with Crippen LogP contribution in [0.5, 0.6) is 0 Å². The molecule has 2 saturated heterocycles. The normalized spacial score (nSPS) is 20.1. The van der Waals surface area contributed by atoms with Gasteiger partial charge in [-0.05, 0) is 64.2 Å². The number of amides is 3. The molecule has 0 saturated carbocycles. The van der Waals surface area contributed by atoms with E-state index < -0.39 is 11.5 Å². The van der Waals surface area contributed by atoms with Gasteiger partial charge in [0.1, 0.15) is 5.60 Å². The van der Waals surface area contributed by atoms with Crippen LogP contribution in [0.1, 0.15) is 58.1 Å². The summed E-state index contributed by atoms with van der Waals surface area (Å²) in [5.41, 5.74) is 2.19. The fourth-order valence-electron chi connectivity index (χ4n) is 4.52. The average molecular weight is 456 g/mol. The number of hydrogen-bond acceptors (Lipinski definition) is 6. The van der Waals surface area contributed by atoms with E-state index in [2.05, 4.69) is 15.7 Å². The first kappa shape index (κ1) is 23.1. The van der Waals surface area contributed by atoms with E-state index in [1.807, 2.05) is 46.0 Å². The van der Waals surface area contributed by atoms with Crippen molar-refractivity contribution in [1.82, 2.24) is 20.0 Å². The van der Waals surface area contributed by atoms with Crippen LogP contribution in [-0.2, 0) is 21.4 Å². The van der Waals surface area contributed by atoms with Gasteiger partial charge in [0.25, 0.3) is 0 Å². The predicted octanol–water partition coefficient (Wildman–Crippen LogP) is 3.15. The second-order valence-electron chi connectivity index (χ2n) is 10.0. The number of carbonyl (C=O) groups is 3. The van der Waals surface area contributed by atoms with Crippen LogP contribution in [0.3, 0.4) is 0 Å². The Kier molecular flexibility index (Phi) is 6.32. The Morgan fingerprint density at radius 1 is 1.21 bits per heavy atom. The number of imide groups is 1. The van der Waals surface area contributed by atoms with Crippen LogP contribution in [0, 0.1) is 5.92 Å². The number of aryl methyl sites for hydroxylation is 1. The van der Waals surface area contributed by atoms with Gasteiger partial charge in [-0.1, -0.05) is 0 Å². The first-order valence-corrected chi connectivity index (χ1v) is 11.6. The fraction of sp³-hybridized carbons (Fsp3) is 0.583. The number of nitrogens with zero attached hydrogens (tertiary/aromatic N) is 3. The van der Waals surface area contributed by atoms with Crippen molar-refractivity contribution in [2.45, 2.75) is 58.0 Å². The molecule has 33 heavy (non-hydrogen) atoms. The molecule has 2 aliphatic heterocycles. The summed E-state index contributed by atoms with van der Waals surface area (Å²) < 4.78 is 7.26. The van der Waals surface area contributed by atoms with Crippen molar-refractivity contribution < 1.29 is 19.1 Å². The van der Waals surface area contributed by atoms with E-state index in [1.54, 1.807) is 9.58 Å². The lowest BCUT2D eigenvalue weighted by Crippen LogP contribution is -2.42. The van der Waals surface area contributed by atoms with Gasteiger partial charge in [0, 0.05) is 44.2 Å². The second-order valence-corrected chi connectivity index (χ2v) is 10.0. The summed E-state index contributed by atoms with van der Waals surface area (Å²) in [7, 11) is 1.87. The van der Waals surface area contributed by atoms with Crippen LogP contribution in [0.2, 0.25) is 0 Å².